The first-order chi connectivity index (χ1) is 10.5. The first-order valence-corrected chi connectivity index (χ1v) is 9.28. The van der Waals surface area contributed by atoms with Gasteiger partial charge in [0.05, 0.1) is 10.8 Å². The van der Waals surface area contributed by atoms with Gasteiger partial charge in [-0.1, -0.05) is 18.2 Å². The third kappa shape index (κ3) is 3.50. The average Bonchev–Trinajstić information content (AvgIpc) is 2.57. The quantitative estimate of drug-likeness (QED) is 0.832. The minimum atomic E-state index is -3.51. The van der Waals surface area contributed by atoms with Crippen LogP contribution < -0.4 is 0 Å². The summed E-state index contributed by atoms with van der Waals surface area (Å²) in [7, 11) is -3.51. The molecule has 6 heteroatoms. The lowest BCUT2D eigenvalue weighted by Crippen LogP contribution is -2.46. The van der Waals surface area contributed by atoms with Crippen molar-refractivity contribution in [3.05, 3.63) is 30.3 Å². The fourth-order valence-electron chi connectivity index (χ4n) is 2.90. The molecule has 2 rings (SSSR count). The lowest BCUT2D eigenvalue weighted by Gasteiger charge is -2.33. The molecule has 1 aromatic carbocycles. The van der Waals surface area contributed by atoms with Crippen LogP contribution in [0.15, 0.2) is 35.2 Å². The van der Waals surface area contributed by atoms with Gasteiger partial charge in [-0.3, -0.25) is 4.79 Å². The molecule has 0 saturated carbocycles. The second-order valence-corrected chi connectivity index (χ2v) is 7.46. The number of hydrogen-bond donors (Lipinski definition) is 0. The first kappa shape index (κ1) is 17.0. The Morgan fingerprint density at radius 3 is 2.45 bits per heavy atom. The van der Waals surface area contributed by atoms with Crippen LogP contribution in [-0.2, 0) is 14.8 Å². The first-order valence-electron chi connectivity index (χ1n) is 7.84. The smallest absolute Gasteiger partial charge is 0.243 e. The van der Waals surface area contributed by atoms with E-state index in [1.807, 2.05) is 13.8 Å². The van der Waals surface area contributed by atoms with E-state index in [1.54, 1.807) is 35.2 Å². The molecule has 1 atom stereocenters. The summed E-state index contributed by atoms with van der Waals surface area (Å²) in [6, 6.07) is 8.43. The van der Waals surface area contributed by atoms with Crippen LogP contribution in [0, 0.1) is 5.92 Å². The molecule has 1 aromatic rings. The standard InChI is InChI=1S/C16H24N2O3S/c1-3-17(4-2)16(19)14-9-8-12-18(13-14)22(20,21)15-10-6-5-7-11-15/h5-7,10-11,14H,3-4,8-9,12-13H2,1-2H3/t14-/m0/s1. The van der Waals surface area contributed by atoms with Crippen LogP contribution in [0.5, 0.6) is 0 Å². The van der Waals surface area contributed by atoms with E-state index in [0.29, 0.717) is 24.5 Å². The molecule has 1 fully saturated rings. The van der Waals surface area contributed by atoms with Gasteiger partial charge >= 0.3 is 0 Å². The summed E-state index contributed by atoms with van der Waals surface area (Å²) in [5, 5.41) is 0. The van der Waals surface area contributed by atoms with Crippen molar-refractivity contribution < 1.29 is 13.2 Å². The van der Waals surface area contributed by atoms with Crippen LogP contribution in [0.2, 0.25) is 0 Å². The van der Waals surface area contributed by atoms with Gasteiger partial charge in [-0.05, 0) is 38.8 Å². The van der Waals surface area contributed by atoms with Crippen molar-refractivity contribution in [3.63, 3.8) is 0 Å². The molecule has 5 nitrogen and oxygen atoms in total. The molecule has 0 radical (unpaired) electrons. The average molecular weight is 324 g/mol. The molecule has 0 spiro atoms. The number of benzene rings is 1. The fraction of sp³-hybridized carbons (Fsp3) is 0.562. The van der Waals surface area contributed by atoms with E-state index in [-0.39, 0.29) is 18.4 Å². The summed E-state index contributed by atoms with van der Waals surface area (Å²) < 4.78 is 26.8. The Morgan fingerprint density at radius 2 is 1.86 bits per heavy atom. The van der Waals surface area contributed by atoms with Crippen LogP contribution in [0.3, 0.4) is 0 Å². The minimum absolute atomic E-state index is 0.0676. The molecule has 0 aliphatic carbocycles. The molecule has 1 aliphatic heterocycles. The summed E-state index contributed by atoms with van der Waals surface area (Å²) in [4.78, 5) is 14.6. The predicted molar refractivity (Wildman–Crippen MR) is 85.9 cm³/mol. The highest BCUT2D eigenvalue weighted by molar-refractivity contribution is 7.89. The number of amides is 1. The lowest BCUT2D eigenvalue weighted by molar-refractivity contribution is -0.136. The van der Waals surface area contributed by atoms with Crippen LogP contribution in [0.25, 0.3) is 0 Å². The number of rotatable bonds is 5. The van der Waals surface area contributed by atoms with Gasteiger partial charge in [0.1, 0.15) is 0 Å². The van der Waals surface area contributed by atoms with Crippen molar-refractivity contribution in [2.45, 2.75) is 31.6 Å². The van der Waals surface area contributed by atoms with Crippen molar-refractivity contribution >= 4 is 15.9 Å². The second-order valence-electron chi connectivity index (χ2n) is 5.53. The number of carbonyl (C=O) groups is 1. The molecule has 0 N–H and O–H groups in total. The zero-order chi connectivity index (χ0) is 16.2. The molecule has 122 valence electrons. The molecule has 1 aliphatic rings. The van der Waals surface area contributed by atoms with E-state index in [9.17, 15) is 13.2 Å². The van der Waals surface area contributed by atoms with Crippen LogP contribution in [-0.4, -0.2) is 49.7 Å². The van der Waals surface area contributed by atoms with E-state index in [0.717, 1.165) is 12.8 Å². The summed E-state index contributed by atoms with van der Waals surface area (Å²) in [6.45, 7) is 5.99. The molecule has 1 heterocycles. The third-order valence-corrected chi connectivity index (χ3v) is 6.07. The zero-order valence-corrected chi connectivity index (χ0v) is 14.1. The summed E-state index contributed by atoms with van der Waals surface area (Å²) in [5.41, 5.74) is 0. The molecule has 1 saturated heterocycles. The molecule has 0 unspecified atom stereocenters. The lowest BCUT2D eigenvalue weighted by atomic mass is 9.98. The van der Waals surface area contributed by atoms with Crippen molar-refractivity contribution in [1.82, 2.24) is 9.21 Å². The third-order valence-electron chi connectivity index (χ3n) is 4.19. The Labute approximate surface area is 133 Å². The Bertz CT molecular complexity index is 597. The number of sulfonamides is 1. The fourth-order valence-corrected chi connectivity index (χ4v) is 4.44. The highest BCUT2D eigenvalue weighted by atomic mass is 32.2. The SMILES string of the molecule is CCN(CC)C(=O)[C@H]1CCCN(S(=O)(=O)c2ccccc2)C1. The van der Waals surface area contributed by atoms with Crippen LogP contribution in [0.1, 0.15) is 26.7 Å². The van der Waals surface area contributed by atoms with Gasteiger partial charge in [0.2, 0.25) is 15.9 Å². The Morgan fingerprint density at radius 1 is 1.23 bits per heavy atom. The van der Waals surface area contributed by atoms with Crippen molar-refractivity contribution in [2.75, 3.05) is 26.2 Å². The van der Waals surface area contributed by atoms with Crippen LogP contribution >= 0.6 is 0 Å². The topological polar surface area (TPSA) is 57.7 Å². The predicted octanol–water partition coefficient (Wildman–Crippen LogP) is 1.96. The van der Waals surface area contributed by atoms with E-state index < -0.39 is 10.0 Å². The van der Waals surface area contributed by atoms with Crippen molar-refractivity contribution in [3.8, 4) is 0 Å². The Kier molecular flexibility index (Phi) is 5.58. The van der Waals surface area contributed by atoms with Gasteiger partial charge in [-0.15, -0.1) is 0 Å². The largest absolute Gasteiger partial charge is 0.343 e. The molecule has 22 heavy (non-hydrogen) atoms. The highest BCUT2D eigenvalue weighted by Gasteiger charge is 2.34. The van der Waals surface area contributed by atoms with Gasteiger partial charge < -0.3 is 4.90 Å². The van der Waals surface area contributed by atoms with Gasteiger partial charge in [0.25, 0.3) is 0 Å². The number of carbonyl (C=O) groups excluding carboxylic acids is 1. The maximum absolute atomic E-state index is 12.7. The summed E-state index contributed by atoms with van der Waals surface area (Å²) in [5.74, 6) is -0.162. The van der Waals surface area contributed by atoms with E-state index in [4.69, 9.17) is 0 Å². The Balaban J connectivity index is 2.15. The van der Waals surface area contributed by atoms with E-state index in [2.05, 4.69) is 0 Å². The summed E-state index contributed by atoms with van der Waals surface area (Å²) >= 11 is 0. The van der Waals surface area contributed by atoms with Gasteiger partial charge in [0.15, 0.2) is 0 Å². The van der Waals surface area contributed by atoms with Crippen molar-refractivity contribution in [2.24, 2.45) is 5.92 Å². The molecule has 0 bridgehead atoms. The summed E-state index contributed by atoms with van der Waals surface area (Å²) in [6.07, 6.45) is 1.49. The second kappa shape index (κ2) is 7.24. The number of nitrogens with zero attached hydrogens (tertiary/aromatic N) is 2. The van der Waals surface area contributed by atoms with Gasteiger partial charge in [-0.25, -0.2) is 8.42 Å². The highest BCUT2D eigenvalue weighted by Crippen LogP contribution is 2.24. The van der Waals surface area contributed by atoms with Crippen LogP contribution in [0.4, 0.5) is 0 Å². The monoisotopic (exact) mass is 324 g/mol. The van der Waals surface area contributed by atoms with E-state index >= 15 is 0 Å². The van der Waals surface area contributed by atoms with Crippen molar-refractivity contribution in [1.29, 1.82) is 0 Å². The number of piperidine rings is 1. The zero-order valence-electron chi connectivity index (χ0n) is 13.2. The maximum Gasteiger partial charge on any atom is 0.243 e. The number of hydrogen-bond acceptors (Lipinski definition) is 3. The molecule has 0 aromatic heterocycles. The minimum Gasteiger partial charge on any atom is -0.343 e. The Hall–Kier alpha value is -1.40. The molecule has 1 amide bonds. The molecular formula is C16H24N2O3S. The maximum atomic E-state index is 12.7. The normalized spacial score (nSPS) is 19.8. The molecular weight excluding hydrogens is 300 g/mol. The van der Waals surface area contributed by atoms with E-state index in [1.165, 1.54) is 4.31 Å². The van der Waals surface area contributed by atoms with Gasteiger partial charge in [-0.2, -0.15) is 4.31 Å². The van der Waals surface area contributed by atoms with Gasteiger partial charge in [0, 0.05) is 26.2 Å².